The first-order valence-electron chi connectivity index (χ1n) is 8.99. The van der Waals surface area contributed by atoms with Crippen LogP contribution in [0.4, 0.5) is 18.9 Å². The molecule has 1 N–H and O–H groups in total. The Labute approximate surface area is 164 Å². The Morgan fingerprint density at radius 3 is 2.48 bits per heavy atom. The van der Waals surface area contributed by atoms with Crippen molar-refractivity contribution in [2.75, 3.05) is 18.0 Å². The minimum atomic E-state index is -4.77. The number of hydrogen-bond donors (Lipinski definition) is 1. The van der Waals surface area contributed by atoms with Gasteiger partial charge in [0.15, 0.2) is 0 Å². The Bertz CT molecular complexity index is 1070. The maximum Gasteiger partial charge on any atom is 0.421 e. The van der Waals surface area contributed by atoms with E-state index in [1.54, 1.807) is 19.2 Å². The Morgan fingerprint density at radius 1 is 1.28 bits per heavy atom. The summed E-state index contributed by atoms with van der Waals surface area (Å²) in [6.07, 6.45) is -4.01. The molecular formula is C20H19F3N4O2. The Balaban J connectivity index is 1.84. The van der Waals surface area contributed by atoms with Gasteiger partial charge in [0.05, 0.1) is 11.2 Å². The zero-order valence-corrected chi connectivity index (χ0v) is 15.7. The molecule has 2 heterocycles. The van der Waals surface area contributed by atoms with Crippen molar-refractivity contribution in [1.82, 2.24) is 9.88 Å². The lowest BCUT2D eigenvalue weighted by molar-refractivity contribution is -0.131. The molecule has 0 aliphatic carbocycles. The van der Waals surface area contributed by atoms with Crippen molar-refractivity contribution in [1.29, 1.82) is 5.26 Å². The van der Waals surface area contributed by atoms with Crippen LogP contribution in [-0.4, -0.2) is 35.8 Å². The van der Waals surface area contributed by atoms with Crippen molar-refractivity contribution < 1.29 is 18.0 Å². The monoisotopic (exact) mass is 404 g/mol. The number of nitriles is 1. The van der Waals surface area contributed by atoms with Crippen molar-refractivity contribution in [2.24, 2.45) is 7.05 Å². The molecular weight excluding hydrogens is 385 g/mol. The SMILES string of the molecule is C=C(C(=O)NC1CCN(c2c(C#N)c(=O)n(C)c3ccccc23)CC1)C(F)(F)F. The van der Waals surface area contributed by atoms with E-state index in [-0.39, 0.29) is 5.56 Å². The van der Waals surface area contributed by atoms with E-state index >= 15 is 0 Å². The fourth-order valence-electron chi connectivity index (χ4n) is 3.56. The molecule has 1 saturated heterocycles. The number of alkyl halides is 3. The molecule has 0 bridgehead atoms. The normalized spacial score (nSPS) is 15.2. The van der Waals surface area contributed by atoms with Crippen LogP contribution >= 0.6 is 0 Å². The Hall–Kier alpha value is -3.28. The summed E-state index contributed by atoms with van der Waals surface area (Å²) in [6, 6.07) is 8.77. The number of piperidine rings is 1. The zero-order chi connectivity index (χ0) is 21.3. The molecule has 1 aliphatic heterocycles. The molecule has 0 radical (unpaired) electrons. The molecule has 0 spiro atoms. The number of fused-ring (bicyclic) bond motifs is 1. The van der Waals surface area contributed by atoms with Gasteiger partial charge in [-0.1, -0.05) is 24.8 Å². The summed E-state index contributed by atoms with van der Waals surface area (Å²) in [5.74, 6) is -1.23. The van der Waals surface area contributed by atoms with E-state index in [1.807, 2.05) is 23.1 Å². The second-order valence-corrected chi connectivity index (χ2v) is 6.93. The third-order valence-electron chi connectivity index (χ3n) is 5.15. The molecule has 0 saturated carbocycles. The Morgan fingerprint density at radius 2 is 1.90 bits per heavy atom. The number of rotatable bonds is 3. The molecule has 1 amide bonds. The highest BCUT2D eigenvalue weighted by Crippen LogP contribution is 2.31. The molecule has 29 heavy (non-hydrogen) atoms. The number of hydrogen-bond acceptors (Lipinski definition) is 4. The molecule has 1 aliphatic rings. The third kappa shape index (κ3) is 3.83. The molecule has 0 atom stereocenters. The van der Waals surface area contributed by atoms with Crippen LogP contribution in [0, 0.1) is 11.3 Å². The van der Waals surface area contributed by atoms with E-state index in [0.29, 0.717) is 37.1 Å². The van der Waals surface area contributed by atoms with Gasteiger partial charge in [-0.15, -0.1) is 0 Å². The van der Waals surface area contributed by atoms with Gasteiger partial charge in [0, 0.05) is 31.6 Å². The number of carbonyl (C=O) groups excluding carboxylic acids is 1. The van der Waals surface area contributed by atoms with Crippen LogP contribution in [0.5, 0.6) is 0 Å². The number of amides is 1. The van der Waals surface area contributed by atoms with Crippen molar-refractivity contribution in [3.8, 4) is 6.07 Å². The topological polar surface area (TPSA) is 78.1 Å². The smallest absolute Gasteiger partial charge is 0.370 e. The summed E-state index contributed by atoms with van der Waals surface area (Å²) in [5, 5.41) is 12.7. The summed E-state index contributed by atoms with van der Waals surface area (Å²) in [4.78, 5) is 26.2. The molecule has 9 heteroatoms. The van der Waals surface area contributed by atoms with Gasteiger partial charge in [-0.05, 0) is 18.9 Å². The van der Waals surface area contributed by atoms with Crippen LogP contribution < -0.4 is 15.8 Å². The van der Waals surface area contributed by atoms with Gasteiger partial charge in [-0.25, -0.2) is 0 Å². The van der Waals surface area contributed by atoms with Crippen LogP contribution in [0.3, 0.4) is 0 Å². The van der Waals surface area contributed by atoms with Gasteiger partial charge in [0.1, 0.15) is 17.2 Å². The molecule has 1 aromatic heterocycles. The summed E-state index contributed by atoms with van der Waals surface area (Å²) in [5.41, 5.74) is -0.597. The lowest BCUT2D eigenvalue weighted by Crippen LogP contribution is -2.46. The van der Waals surface area contributed by atoms with Gasteiger partial charge >= 0.3 is 6.18 Å². The summed E-state index contributed by atoms with van der Waals surface area (Å²) >= 11 is 0. The molecule has 2 aromatic rings. The van der Waals surface area contributed by atoms with Crippen LogP contribution in [0.15, 0.2) is 41.2 Å². The van der Waals surface area contributed by atoms with E-state index in [0.717, 1.165) is 5.39 Å². The maximum absolute atomic E-state index is 12.6. The second-order valence-electron chi connectivity index (χ2n) is 6.93. The van der Waals surface area contributed by atoms with E-state index in [1.165, 1.54) is 4.57 Å². The average Bonchev–Trinajstić information content (AvgIpc) is 2.70. The molecule has 152 valence electrons. The average molecular weight is 404 g/mol. The fourth-order valence-corrected chi connectivity index (χ4v) is 3.56. The highest BCUT2D eigenvalue weighted by Gasteiger charge is 2.37. The third-order valence-corrected chi connectivity index (χ3v) is 5.15. The number of pyridine rings is 1. The fraction of sp³-hybridized carbons (Fsp3) is 0.350. The maximum atomic E-state index is 12.6. The minimum absolute atomic E-state index is 0.0270. The lowest BCUT2D eigenvalue weighted by atomic mass is 10.0. The van der Waals surface area contributed by atoms with E-state index in [2.05, 4.69) is 11.9 Å². The van der Waals surface area contributed by atoms with Crippen LogP contribution in [0.2, 0.25) is 0 Å². The largest absolute Gasteiger partial charge is 0.421 e. The zero-order valence-electron chi connectivity index (χ0n) is 15.7. The highest BCUT2D eigenvalue weighted by atomic mass is 19.4. The van der Waals surface area contributed by atoms with Crippen molar-refractivity contribution in [3.63, 3.8) is 0 Å². The van der Waals surface area contributed by atoms with Gasteiger partial charge in [-0.2, -0.15) is 18.4 Å². The van der Waals surface area contributed by atoms with E-state index in [4.69, 9.17) is 0 Å². The van der Waals surface area contributed by atoms with Crippen molar-refractivity contribution in [2.45, 2.75) is 25.1 Å². The van der Waals surface area contributed by atoms with Crippen LogP contribution in [0.25, 0.3) is 10.9 Å². The van der Waals surface area contributed by atoms with Gasteiger partial charge < -0.3 is 14.8 Å². The van der Waals surface area contributed by atoms with Gasteiger partial charge in [-0.3, -0.25) is 9.59 Å². The predicted molar refractivity (Wildman–Crippen MR) is 102 cm³/mol. The summed E-state index contributed by atoms with van der Waals surface area (Å²) in [6.45, 7) is 3.58. The predicted octanol–water partition coefficient (Wildman–Crippen LogP) is 2.61. The van der Waals surface area contributed by atoms with Gasteiger partial charge in [0.25, 0.3) is 11.5 Å². The molecule has 3 rings (SSSR count). The molecule has 1 aromatic carbocycles. The van der Waals surface area contributed by atoms with E-state index in [9.17, 15) is 28.0 Å². The molecule has 1 fully saturated rings. The van der Waals surface area contributed by atoms with E-state index < -0.39 is 29.3 Å². The summed E-state index contributed by atoms with van der Waals surface area (Å²) in [7, 11) is 1.60. The summed E-state index contributed by atoms with van der Waals surface area (Å²) < 4.78 is 39.2. The number of anilines is 1. The van der Waals surface area contributed by atoms with Crippen molar-refractivity contribution in [3.05, 3.63) is 52.3 Å². The number of benzene rings is 1. The first-order chi connectivity index (χ1) is 13.6. The number of aromatic nitrogens is 1. The quantitative estimate of drug-likeness (QED) is 0.798. The van der Waals surface area contributed by atoms with Gasteiger partial charge in [0.2, 0.25) is 0 Å². The minimum Gasteiger partial charge on any atom is -0.370 e. The number of carbonyl (C=O) groups is 1. The lowest BCUT2D eigenvalue weighted by Gasteiger charge is -2.35. The number of aryl methyl sites for hydroxylation is 1. The highest BCUT2D eigenvalue weighted by molar-refractivity contribution is 5.95. The van der Waals surface area contributed by atoms with Crippen LogP contribution in [-0.2, 0) is 11.8 Å². The molecule has 0 unspecified atom stereocenters. The Kier molecular flexibility index (Phi) is 5.38. The number of para-hydroxylation sites is 1. The first kappa shape index (κ1) is 20.5. The molecule has 6 nitrogen and oxygen atoms in total. The first-order valence-corrected chi connectivity index (χ1v) is 8.99. The van der Waals surface area contributed by atoms with Crippen molar-refractivity contribution >= 4 is 22.5 Å². The standard InChI is InChI=1S/C20H19F3N4O2/c1-12(20(21,22)23)18(28)25-13-7-9-27(10-8-13)17-14-5-3-4-6-16(14)26(2)19(29)15(17)11-24/h3-6,13H,1,7-10H2,2H3,(H,25,28). The van der Waals surface area contributed by atoms with Crippen LogP contribution in [0.1, 0.15) is 18.4 Å². The number of nitrogens with one attached hydrogen (secondary N) is 1. The number of halogens is 3. The second kappa shape index (κ2) is 7.62. The number of nitrogens with zero attached hydrogens (tertiary/aromatic N) is 3.